The number of aliphatic hydroxyl groups is 1. The minimum Gasteiger partial charge on any atom is -0.465 e. The number of carbonyl (C=O) groups excluding carboxylic acids is 2. The van der Waals surface area contributed by atoms with Crippen molar-refractivity contribution in [1.82, 2.24) is 4.90 Å². The van der Waals surface area contributed by atoms with Gasteiger partial charge in [-0.25, -0.2) is 9.59 Å². The summed E-state index contributed by atoms with van der Waals surface area (Å²) in [5.74, 6) is -0.413. The van der Waals surface area contributed by atoms with Gasteiger partial charge in [0.2, 0.25) is 0 Å². The lowest BCUT2D eigenvalue weighted by Crippen LogP contribution is -2.42. The monoisotopic (exact) mass is 369 g/mol. The van der Waals surface area contributed by atoms with Crippen LogP contribution in [0.25, 0.3) is 0 Å². The van der Waals surface area contributed by atoms with Gasteiger partial charge in [0.15, 0.2) is 0 Å². The molecule has 1 N–H and O–H groups in total. The molecule has 2 aromatic rings. The fraction of sp³-hybridized carbons (Fsp3) is 0.333. The van der Waals surface area contributed by atoms with E-state index in [1.165, 1.54) is 7.11 Å². The lowest BCUT2D eigenvalue weighted by Gasteiger charge is -2.37. The van der Waals surface area contributed by atoms with E-state index in [4.69, 9.17) is 9.47 Å². The summed E-state index contributed by atoms with van der Waals surface area (Å²) in [4.78, 5) is 25.9. The summed E-state index contributed by atoms with van der Waals surface area (Å²) in [5, 5.41) is 10.1. The highest BCUT2D eigenvalue weighted by molar-refractivity contribution is 5.89. The van der Waals surface area contributed by atoms with E-state index in [0.29, 0.717) is 24.9 Å². The number of likely N-dealkylation sites (tertiary alicyclic amines) is 1. The molecular formula is C21H23NO5. The zero-order chi connectivity index (χ0) is 19.2. The number of amides is 1. The molecule has 1 aliphatic heterocycles. The molecule has 2 unspecified atom stereocenters. The molecule has 6 heteroatoms. The maximum atomic E-state index is 12.6. The van der Waals surface area contributed by atoms with Crippen LogP contribution in [0.5, 0.6) is 0 Å². The van der Waals surface area contributed by atoms with E-state index in [0.717, 1.165) is 11.1 Å². The predicted octanol–water partition coefficient (Wildman–Crippen LogP) is 3.31. The Labute approximate surface area is 158 Å². The third-order valence-corrected chi connectivity index (χ3v) is 4.73. The summed E-state index contributed by atoms with van der Waals surface area (Å²) in [7, 11) is 1.33. The number of carbonyl (C=O) groups is 2. The van der Waals surface area contributed by atoms with Crippen molar-refractivity contribution >= 4 is 12.1 Å². The quantitative estimate of drug-likeness (QED) is 0.837. The van der Waals surface area contributed by atoms with Crippen LogP contribution < -0.4 is 0 Å². The highest BCUT2D eigenvalue weighted by Crippen LogP contribution is 2.32. The molecule has 2 aromatic carbocycles. The van der Waals surface area contributed by atoms with Gasteiger partial charge in [0.25, 0.3) is 0 Å². The van der Waals surface area contributed by atoms with Gasteiger partial charge in [-0.2, -0.15) is 0 Å². The smallest absolute Gasteiger partial charge is 0.410 e. The summed E-state index contributed by atoms with van der Waals surface area (Å²) in [6.07, 6.45) is 0.0519. The van der Waals surface area contributed by atoms with Crippen molar-refractivity contribution in [2.75, 3.05) is 13.7 Å². The summed E-state index contributed by atoms with van der Waals surface area (Å²) < 4.78 is 10.2. The molecule has 0 aromatic heterocycles. The van der Waals surface area contributed by atoms with Gasteiger partial charge >= 0.3 is 12.1 Å². The average molecular weight is 369 g/mol. The Morgan fingerprint density at radius 2 is 1.81 bits per heavy atom. The molecule has 0 radical (unpaired) electrons. The van der Waals surface area contributed by atoms with Crippen LogP contribution in [-0.4, -0.2) is 41.8 Å². The van der Waals surface area contributed by atoms with Gasteiger partial charge < -0.3 is 19.5 Å². The lowest BCUT2D eigenvalue weighted by molar-refractivity contribution is 0.0259. The zero-order valence-electron chi connectivity index (χ0n) is 15.2. The number of hydrogen-bond donors (Lipinski definition) is 1. The summed E-state index contributed by atoms with van der Waals surface area (Å²) >= 11 is 0. The second-order valence-corrected chi connectivity index (χ2v) is 6.54. The predicted molar refractivity (Wildman–Crippen MR) is 99.1 cm³/mol. The number of esters is 1. The van der Waals surface area contributed by atoms with Crippen LogP contribution in [0.3, 0.4) is 0 Å². The van der Waals surface area contributed by atoms with Crippen molar-refractivity contribution in [1.29, 1.82) is 0 Å². The number of hydrogen-bond acceptors (Lipinski definition) is 5. The largest absolute Gasteiger partial charge is 0.465 e. The summed E-state index contributed by atoms with van der Waals surface area (Å²) in [5.41, 5.74) is 2.20. The van der Waals surface area contributed by atoms with Gasteiger partial charge in [-0.3, -0.25) is 0 Å². The fourth-order valence-electron chi connectivity index (χ4n) is 3.24. The molecule has 0 bridgehead atoms. The van der Waals surface area contributed by atoms with Crippen LogP contribution >= 0.6 is 0 Å². The highest BCUT2D eigenvalue weighted by Gasteiger charge is 2.33. The van der Waals surface area contributed by atoms with Crippen LogP contribution in [0.4, 0.5) is 4.79 Å². The number of aliphatic hydroxyl groups excluding tert-OH is 1. The second-order valence-electron chi connectivity index (χ2n) is 6.54. The normalized spacial score (nSPS) is 19.4. The Morgan fingerprint density at radius 3 is 2.48 bits per heavy atom. The molecule has 1 fully saturated rings. The molecule has 2 atom stereocenters. The maximum absolute atomic E-state index is 12.6. The lowest BCUT2D eigenvalue weighted by atomic mass is 9.93. The van der Waals surface area contributed by atoms with E-state index < -0.39 is 18.2 Å². The van der Waals surface area contributed by atoms with Gasteiger partial charge in [-0.05, 0) is 36.1 Å². The van der Waals surface area contributed by atoms with E-state index >= 15 is 0 Å². The number of nitrogens with zero attached hydrogens (tertiary/aromatic N) is 1. The van der Waals surface area contributed by atoms with Crippen LogP contribution in [0.2, 0.25) is 0 Å². The highest BCUT2D eigenvalue weighted by atomic mass is 16.6. The van der Waals surface area contributed by atoms with Crippen molar-refractivity contribution < 1.29 is 24.2 Å². The molecule has 0 aliphatic carbocycles. The Morgan fingerprint density at radius 1 is 1.11 bits per heavy atom. The third-order valence-electron chi connectivity index (χ3n) is 4.73. The van der Waals surface area contributed by atoms with Crippen LogP contribution in [-0.2, 0) is 16.1 Å². The number of ether oxygens (including phenoxy) is 2. The van der Waals surface area contributed by atoms with Crippen LogP contribution in [0.15, 0.2) is 54.6 Å². The van der Waals surface area contributed by atoms with Crippen molar-refractivity contribution in [2.45, 2.75) is 31.6 Å². The minimum atomic E-state index is -0.478. The first-order valence-electron chi connectivity index (χ1n) is 8.92. The summed E-state index contributed by atoms with van der Waals surface area (Å²) in [6, 6.07) is 16.1. The molecule has 0 saturated carbocycles. The number of rotatable bonds is 4. The standard InChI is InChI=1S/C21H23NO5/c1-26-20(24)17-9-7-16(8-10-17)19-13-18(23)11-12-22(19)21(25)27-14-15-5-3-2-4-6-15/h2-10,18-19,23H,11-14H2,1H3. The SMILES string of the molecule is COC(=O)c1ccc(C2CC(O)CCN2C(=O)OCc2ccccc2)cc1. The Bertz CT molecular complexity index is 775. The average Bonchev–Trinajstić information content (AvgIpc) is 2.72. The second kappa shape index (κ2) is 8.68. The molecule has 1 amide bonds. The molecule has 142 valence electrons. The number of benzene rings is 2. The van der Waals surface area contributed by atoms with Crippen molar-refractivity contribution in [2.24, 2.45) is 0 Å². The third kappa shape index (κ3) is 4.65. The molecule has 6 nitrogen and oxygen atoms in total. The summed E-state index contributed by atoms with van der Waals surface area (Å²) in [6.45, 7) is 0.616. The van der Waals surface area contributed by atoms with E-state index in [1.807, 2.05) is 30.3 Å². The molecule has 0 spiro atoms. The Balaban J connectivity index is 1.72. The molecular weight excluding hydrogens is 346 g/mol. The van der Waals surface area contributed by atoms with Crippen LogP contribution in [0, 0.1) is 0 Å². The fourth-order valence-corrected chi connectivity index (χ4v) is 3.24. The number of methoxy groups -OCH3 is 1. The van der Waals surface area contributed by atoms with Crippen molar-refractivity contribution in [3.63, 3.8) is 0 Å². The van der Waals surface area contributed by atoms with Crippen molar-refractivity contribution in [3.8, 4) is 0 Å². The van der Waals surface area contributed by atoms with Gasteiger partial charge in [0, 0.05) is 6.54 Å². The first-order chi connectivity index (χ1) is 13.1. The van der Waals surface area contributed by atoms with E-state index in [2.05, 4.69) is 0 Å². The molecule has 27 heavy (non-hydrogen) atoms. The molecule has 1 saturated heterocycles. The zero-order valence-corrected chi connectivity index (χ0v) is 15.2. The maximum Gasteiger partial charge on any atom is 0.410 e. The molecule has 1 aliphatic rings. The van der Waals surface area contributed by atoms with Crippen LogP contribution in [0.1, 0.15) is 40.4 Å². The molecule has 3 rings (SSSR count). The first-order valence-corrected chi connectivity index (χ1v) is 8.92. The van der Waals surface area contributed by atoms with Gasteiger partial charge in [-0.1, -0.05) is 42.5 Å². The van der Waals surface area contributed by atoms with Gasteiger partial charge in [-0.15, -0.1) is 0 Å². The molecule has 1 heterocycles. The van der Waals surface area contributed by atoms with E-state index in [-0.39, 0.29) is 12.6 Å². The van der Waals surface area contributed by atoms with Gasteiger partial charge in [0.1, 0.15) is 6.61 Å². The first kappa shape index (κ1) is 18.9. The van der Waals surface area contributed by atoms with Gasteiger partial charge in [0.05, 0.1) is 24.8 Å². The number of piperidine rings is 1. The topological polar surface area (TPSA) is 76.1 Å². The Hall–Kier alpha value is -2.86. The van der Waals surface area contributed by atoms with Crippen molar-refractivity contribution in [3.05, 3.63) is 71.3 Å². The minimum absolute atomic E-state index is 0.201. The van der Waals surface area contributed by atoms with E-state index in [1.54, 1.807) is 29.2 Å². The van der Waals surface area contributed by atoms with E-state index in [9.17, 15) is 14.7 Å². The Kier molecular flexibility index (Phi) is 6.08.